The van der Waals surface area contributed by atoms with Crippen LogP contribution < -0.4 is 4.72 Å². The fourth-order valence-corrected chi connectivity index (χ4v) is 3.55. The number of sulfonamides is 1. The van der Waals surface area contributed by atoms with Crippen LogP contribution in [-0.2, 0) is 33.8 Å². The van der Waals surface area contributed by atoms with Gasteiger partial charge in [-0.05, 0) is 36.2 Å². The molecule has 0 fully saturated rings. The number of halogens is 10. The van der Waals surface area contributed by atoms with Crippen LogP contribution in [0.2, 0.25) is 5.02 Å². The Morgan fingerprint density at radius 2 is 1.58 bits per heavy atom. The first kappa shape index (κ1) is 29.5. The molecule has 16 heteroatoms. The molecule has 1 N–H and O–H groups in total. The van der Waals surface area contributed by atoms with Gasteiger partial charge in [-0.1, -0.05) is 36.7 Å². The van der Waals surface area contributed by atoms with Crippen molar-refractivity contribution in [3.05, 3.63) is 63.7 Å². The molecule has 2 aromatic rings. The zero-order chi connectivity index (χ0) is 27.7. The van der Waals surface area contributed by atoms with Gasteiger partial charge in [0, 0.05) is 16.1 Å². The summed E-state index contributed by atoms with van der Waals surface area (Å²) >= 11 is 5.87. The first-order chi connectivity index (χ1) is 16.2. The Morgan fingerprint density at radius 1 is 0.972 bits per heavy atom. The quantitative estimate of drug-likeness (QED) is 0.217. The van der Waals surface area contributed by atoms with E-state index in [-0.39, 0.29) is 22.4 Å². The van der Waals surface area contributed by atoms with Gasteiger partial charge in [-0.25, -0.2) is 0 Å². The van der Waals surface area contributed by atoms with E-state index in [1.54, 1.807) is 0 Å². The van der Waals surface area contributed by atoms with E-state index in [0.29, 0.717) is 12.1 Å². The van der Waals surface area contributed by atoms with Crippen molar-refractivity contribution in [3.8, 4) is 0 Å². The zero-order valence-electron chi connectivity index (χ0n) is 18.1. The van der Waals surface area contributed by atoms with Crippen LogP contribution in [0, 0.1) is 5.92 Å². The van der Waals surface area contributed by atoms with Gasteiger partial charge >= 0.3 is 27.9 Å². The highest BCUT2D eigenvalue weighted by Crippen LogP contribution is 2.38. The Hall–Kier alpha value is -2.68. The van der Waals surface area contributed by atoms with Gasteiger partial charge in [-0.3, -0.25) is 4.72 Å². The smallest absolute Gasteiger partial charge is 0.391 e. The van der Waals surface area contributed by atoms with Gasteiger partial charge in [0.15, 0.2) is 0 Å². The maximum atomic E-state index is 13.3. The van der Waals surface area contributed by atoms with Gasteiger partial charge in [-0.2, -0.15) is 47.9 Å². The number of oxime groups is 1. The standard InChI is InChI=1S/C20H16ClF9N2O3S/c1-10(2)17(14-8-13(21)5-6-16(14)32-36(33,34)20(28,29)30)31-35-9-11-3-4-12(18(22,23)24)7-15(11)19(25,26)27/h3-8,10,32H,9H2,1-2H3/b31-17+. The van der Waals surface area contributed by atoms with Crippen LogP contribution in [0.5, 0.6) is 0 Å². The van der Waals surface area contributed by atoms with Crippen LogP contribution in [0.4, 0.5) is 45.2 Å². The van der Waals surface area contributed by atoms with Crippen LogP contribution >= 0.6 is 11.6 Å². The number of alkyl halides is 9. The second kappa shape index (κ2) is 10.4. The van der Waals surface area contributed by atoms with Crippen molar-refractivity contribution >= 4 is 33.0 Å². The predicted molar refractivity (Wildman–Crippen MR) is 113 cm³/mol. The Labute approximate surface area is 203 Å². The molecule has 36 heavy (non-hydrogen) atoms. The van der Waals surface area contributed by atoms with E-state index in [9.17, 15) is 47.9 Å². The number of hydrogen-bond acceptors (Lipinski definition) is 4. The SMILES string of the molecule is CC(C)/C(=N\OCc1ccc(C(F)(F)F)cc1C(F)(F)F)c1cc(Cl)ccc1NS(=O)(=O)C(F)(F)F. The second-order valence-electron chi connectivity index (χ2n) is 7.51. The lowest BCUT2D eigenvalue weighted by Gasteiger charge is -2.18. The van der Waals surface area contributed by atoms with E-state index >= 15 is 0 Å². The van der Waals surface area contributed by atoms with Crippen molar-refractivity contribution in [2.45, 2.75) is 38.3 Å². The number of hydrogen-bond donors (Lipinski definition) is 1. The molecule has 2 rings (SSSR count). The molecule has 0 saturated carbocycles. The van der Waals surface area contributed by atoms with Gasteiger partial charge in [0.05, 0.1) is 22.5 Å². The first-order valence-corrected chi connectivity index (χ1v) is 11.5. The Kier molecular flexibility index (Phi) is 8.50. The lowest BCUT2D eigenvalue weighted by atomic mass is 9.99. The van der Waals surface area contributed by atoms with E-state index in [4.69, 9.17) is 16.4 Å². The lowest BCUT2D eigenvalue weighted by molar-refractivity contribution is -0.143. The van der Waals surface area contributed by atoms with Crippen LogP contribution in [0.15, 0.2) is 41.6 Å². The van der Waals surface area contributed by atoms with Gasteiger partial charge in [0.2, 0.25) is 0 Å². The zero-order valence-corrected chi connectivity index (χ0v) is 19.7. The normalized spacial score (nSPS) is 13.8. The molecular weight excluding hydrogens is 555 g/mol. The summed E-state index contributed by atoms with van der Waals surface area (Å²) in [5.41, 5.74) is -10.6. The molecule has 0 amide bonds. The Balaban J connectivity index is 2.47. The minimum atomic E-state index is -5.85. The van der Waals surface area contributed by atoms with E-state index in [2.05, 4.69) is 5.16 Å². The highest BCUT2D eigenvalue weighted by Gasteiger charge is 2.46. The molecule has 2 aromatic carbocycles. The number of nitrogens with zero attached hydrogens (tertiary/aromatic N) is 1. The minimum Gasteiger partial charge on any atom is -0.391 e. The third-order valence-electron chi connectivity index (χ3n) is 4.48. The van der Waals surface area contributed by atoms with E-state index in [1.807, 2.05) is 0 Å². The summed E-state index contributed by atoms with van der Waals surface area (Å²) in [5.74, 6) is -0.688. The van der Waals surface area contributed by atoms with Gasteiger partial charge < -0.3 is 4.84 Å². The summed E-state index contributed by atoms with van der Waals surface area (Å²) in [6.45, 7) is 1.96. The minimum absolute atomic E-state index is 0.0459. The molecule has 0 bridgehead atoms. The number of nitrogens with one attached hydrogen (secondary N) is 1. The van der Waals surface area contributed by atoms with Crippen molar-refractivity contribution in [3.63, 3.8) is 0 Å². The number of benzene rings is 2. The van der Waals surface area contributed by atoms with Crippen molar-refractivity contribution in [1.29, 1.82) is 0 Å². The first-order valence-electron chi connectivity index (χ1n) is 9.60. The fraction of sp³-hybridized carbons (Fsp3) is 0.350. The largest absolute Gasteiger partial charge is 0.516 e. The maximum absolute atomic E-state index is 13.3. The highest BCUT2D eigenvalue weighted by atomic mass is 35.5. The highest BCUT2D eigenvalue weighted by molar-refractivity contribution is 7.93. The number of rotatable bonds is 7. The molecule has 0 radical (unpaired) electrons. The fourth-order valence-electron chi connectivity index (χ4n) is 2.80. The summed E-state index contributed by atoms with van der Waals surface area (Å²) < 4.78 is 141. The van der Waals surface area contributed by atoms with E-state index < -0.39 is 62.8 Å². The molecule has 0 aliphatic rings. The van der Waals surface area contributed by atoms with Gasteiger partial charge in [-0.15, -0.1) is 0 Å². The van der Waals surface area contributed by atoms with E-state index in [1.165, 1.54) is 18.6 Å². The Morgan fingerprint density at radius 3 is 2.08 bits per heavy atom. The summed E-state index contributed by atoms with van der Waals surface area (Å²) in [6, 6.07) is 3.93. The second-order valence-corrected chi connectivity index (χ2v) is 9.62. The third-order valence-corrected chi connectivity index (χ3v) is 5.81. The molecule has 0 saturated heterocycles. The monoisotopic (exact) mass is 570 g/mol. The van der Waals surface area contributed by atoms with Gasteiger partial charge in [0.25, 0.3) is 0 Å². The van der Waals surface area contributed by atoms with Crippen LogP contribution in [0.25, 0.3) is 0 Å². The number of anilines is 1. The summed E-state index contributed by atoms with van der Waals surface area (Å²) in [5, 5.41) is 3.58. The molecule has 0 aromatic heterocycles. The van der Waals surface area contributed by atoms with Crippen LogP contribution in [-0.4, -0.2) is 19.6 Å². The molecule has 0 atom stereocenters. The molecule has 0 aliphatic heterocycles. The predicted octanol–water partition coefficient (Wildman–Crippen LogP) is 7.22. The van der Waals surface area contributed by atoms with Crippen LogP contribution in [0.1, 0.15) is 36.1 Å². The average Bonchev–Trinajstić information content (AvgIpc) is 2.70. The van der Waals surface area contributed by atoms with Crippen molar-refractivity contribution < 1.29 is 52.8 Å². The van der Waals surface area contributed by atoms with Crippen molar-refractivity contribution in [2.75, 3.05) is 4.72 Å². The van der Waals surface area contributed by atoms with Crippen molar-refractivity contribution in [2.24, 2.45) is 11.1 Å². The lowest BCUT2D eigenvalue weighted by Crippen LogP contribution is -2.30. The molecule has 200 valence electrons. The summed E-state index contributed by atoms with van der Waals surface area (Å²) in [7, 11) is -5.85. The van der Waals surface area contributed by atoms with Crippen molar-refractivity contribution in [1.82, 2.24) is 0 Å². The maximum Gasteiger partial charge on any atom is 0.516 e. The topological polar surface area (TPSA) is 67.8 Å². The molecule has 0 unspecified atom stereocenters. The Bertz CT molecular complexity index is 1240. The molecular formula is C20H16ClF9N2O3S. The molecule has 0 heterocycles. The third kappa shape index (κ3) is 7.18. The molecule has 5 nitrogen and oxygen atoms in total. The average molecular weight is 571 g/mol. The summed E-state index contributed by atoms with van der Waals surface area (Å²) in [6.07, 6.45) is -10.2. The van der Waals surface area contributed by atoms with Crippen LogP contribution in [0.3, 0.4) is 0 Å². The molecule has 0 aliphatic carbocycles. The summed E-state index contributed by atoms with van der Waals surface area (Å²) in [4.78, 5) is 4.92. The van der Waals surface area contributed by atoms with E-state index in [0.717, 1.165) is 18.2 Å². The van der Waals surface area contributed by atoms with Gasteiger partial charge in [0.1, 0.15) is 6.61 Å². The molecule has 0 spiro atoms.